The second-order valence-corrected chi connectivity index (χ2v) is 8.23. The van der Waals surface area contributed by atoms with Crippen molar-refractivity contribution in [1.82, 2.24) is 10.6 Å². The van der Waals surface area contributed by atoms with Crippen molar-refractivity contribution in [2.45, 2.75) is 13.0 Å². The molecule has 0 spiro atoms. The van der Waals surface area contributed by atoms with Crippen molar-refractivity contribution in [3.63, 3.8) is 0 Å². The van der Waals surface area contributed by atoms with Crippen LogP contribution >= 0.6 is 0 Å². The summed E-state index contributed by atoms with van der Waals surface area (Å²) in [6, 6.07) is 34.4. The molecular formula is C31H28N2O3. The van der Waals surface area contributed by atoms with Crippen LogP contribution < -0.4 is 15.4 Å². The van der Waals surface area contributed by atoms with Crippen LogP contribution in [0.4, 0.5) is 0 Å². The van der Waals surface area contributed by atoms with Crippen LogP contribution in [0.5, 0.6) is 11.5 Å². The third-order valence-electron chi connectivity index (χ3n) is 5.49. The first-order valence-corrected chi connectivity index (χ1v) is 11.9. The molecule has 0 atom stereocenters. The number of benzene rings is 4. The molecule has 0 aliphatic carbocycles. The maximum absolute atomic E-state index is 12.4. The summed E-state index contributed by atoms with van der Waals surface area (Å²) in [6.07, 6.45) is 4.03. The Bertz CT molecular complexity index is 1300. The largest absolute Gasteiger partial charge is 0.457 e. The minimum Gasteiger partial charge on any atom is -0.457 e. The zero-order valence-electron chi connectivity index (χ0n) is 19.9. The van der Waals surface area contributed by atoms with E-state index < -0.39 is 0 Å². The highest BCUT2D eigenvalue weighted by atomic mass is 16.5. The second-order valence-electron chi connectivity index (χ2n) is 8.23. The summed E-state index contributed by atoms with van der Waals surface area (Å²) in [6.45, 7) is 0.949. The summed E-state index contributed by atoms with van der Waals surface area (Å²) in [5.74, 6) is 1.15. The molecule has 4 rings (SSSR count). The molecular weight excluding hydrogens is 448 g/mol. The van der Waals surface area contributed by atoms with Crippen molar-refractivity contribution in [3.05, 3.63) is 138 Å². The lowest BCUT2D eigenvalue weighted by molar-refractivity contribution is -0.116. The summed E-state index contributed by atoms with van der Waals surface area (Å²) in [5.41, 5.74) is 3.55. The molecule has 0 aromatic heterocycles. The number of hydrogen-bond donors (Lipinski definition) is 2. The van der Waals surface area contributed by atoms with Gasteiger partial charge in [0.1, 0.15) is 11.5 Å². The fourth-order valence-corrected chi connectivity index (χ4v) is 3.57. The molecule has 5 heteroatoms. The van der Waals surface area contributed by atoms with Crippen LogP contribution in [0.25, 0.3) is 6.08 Å². The summed E-state index contributed by atoms with van der Waals surface area (Å²) in [5, 5.41) is 5.81. The Morgan fingerprint density at radius 1 is 0.694 bits per heavy atom. The van der Waals surface area contributed by atoms with Gasteiger partial charge in [-0.2, -0.15) is 0 Å². The lowest BCUT2D eigenvalue weighted by Gasteiger charge is -2.07. The standard InChI is InChI=1S/C31H28N2O3/c34-30(19-16-25-10-7-13-29(22-25)36-28-11-5-2-6-12-28)33-23-26-14-17-27(18-15-26)31(35)32-21-20-24-8-3-1-4-9-24/h1-19,22H,20-21,23H2,(H,32,35)(H,33,34). The number of ether oxygens (including phenoxy) is 1. The van der Waals surface area contributed by atoms with Gasteiger partial charge in [-0.1, -0.05) is 72.8 Å². The lowest BCUT2D eigenvalue weighted by Crippen LogP contribution is -2.25. The van der Waals surface area contributed by atoms with Crippen molar-refractivity contribution in [3.8, 4) is 11.5 Å². The van der Waals surface area contributed by atoms with Gasteiger partial charge in [-0.3, -0.25) is 9.59 Å². The van der Waals surface area contributed by atoms with Crippen LogP contribution in [0.2, 0.25) is 0 Å². The van der Waals surface area contributed by atoms with Crippen molar-refractivity contribution >= 4 is 17.9 Å². The van der Waals surface area contributed by atoms with E-state index >= 15 is 0 Å². The van der Waals surface area contributed by atoms with E-state index in [0.29, 0.717) is 24.4 Å². The van der Waals surface area contributed by atoms with Crippen LogP contribution in [-0.2, 0) is 17.8 Å². The molecule has 0 saturated carbocycles. The molecule has 4 aromatic rings. The van der Waals surface area contributed by atoms with Gasteiger partial charge in [-0.15, -0.1) is 0 Å². The normalized spacial score (nSPS) is 10.7. The van der Waals surface area contributed by atoms with Gasteiger partial charge in [0.2, 0.25) is 5.91 Å². The fourth-order valence-electron chi connectivity index (χ4n) is 3.57. The Balaban J connectivity index is 1.22. The number of hydrogen-bond acceptors (Lipinski definition) is 3. The van der Waals surface area contributed by atoms with E-state index in [-0.39, 0.29) is 11.8 Å². The Hall–Kier alpha value is -4.64. The van der Waals surface area contributed by atoms with E-state index in [4.69, 9.17) is 4.74 Å². The fraction of sp³-hybridized carbons (Fsp3) is 0.0968. The maximum atomic E-state index is 12.4. The van der Waals surface area contributed by atoms with Gasteiger partial charge in [-0.25, -0.2) is 0 Å². The van der Waals surface area contributed by atoms with Gasteiger partial charge < -0.3 is 15.4 Å². The smallest absolute Gasteiger partial charge is 0.251 e. The predicted octanol–water partition coefficient (Wildman–Crippen LogP) is 5.78. The number of carbonyl (C=O) groups is 2. The van der Waals surface area contributed by atoms with Crippen LogP contribution in [0.1, 0.15) is 27.0 Å². The average molecular weight is 477 g/mol. The zero-order chi connectivity index (χ0) is 25.0. The zero-order valence-corrected chi connectivity index (χ0v) is 19.9. The molecule has 4 aromatic carbocycles. The molecule has 36 heavy (non-hydrogen) atoms. The van der Waals surface area contributed by atoms with Crippen LogP contribution in [0.3, 0.4) is 0 Å². The lowest BCUT2D eigenvalue weighted by atomic mass is 10.1. The van der Waals surface area contributed by atoms with Crippen LogP contribution in [0.15, 0.2) is 115 Å². The number of nitrogens with one attached hydrogen (secondary N) is 2. The topological polar surface area (TPSA) is 67.4 Å². The summed E-state index contributed by atoms with van der Waals surface area (Å²) >= 11 is 0. The van der Waals surface area contributed by atoms with Crippen molar-refractivity contribution < 1.29 is 14.3 Å². The minimum absolute atomic E-state index is 0.108. The third kappa shape index (κ3) is 7.71. The van der Waals surface area contributed by atoms with Gasteiger partial charge in [0.25, 0.3) is 5.91 Å². The van der Waals surface area contributed by atoms with Gasteiger partial charge in [0.15, 0.2) is 0 Å². The molecule has 0 bridgehead atoms. The van der Waals surface area contributed by atoms with E-state index in [0.717, 1.165) is 23.3 Å². The Morgan fingerprint density at radius 2 is 1.39 bits per heavy atom. The van der Waals surface area contributed by atoms with Gasteiger partial charge in [0.05, 0.1) is 0 Å². The molecule has 5 nitrogen and oxygen atoms in total. The van der Waals surface area contributed by atoms with E-state index in [1.807, 2.05) is 97.1 Å². The predicted molar refractivity (Wildman–Crippen MR) is 143 cm³/mol. The first-order valence-electron chi connectivity index (χ1n) is 11.9. The van der Waals surface area contributed by atoms with Crippen molar-refractivity contribution in [2.75, 3.05) is 6.54 Å². The summed E-state index contributed by atoms with van der Waals surface area (Å²) in [4.78, 5) is 24.6. The Labute approximate surface area is 211 Å². The van der Waals surface area contributed by atoms with E-state index in [2.05, 4.69) is 10.6 Å². The maximum Gasteiger partial charge on any atom is 0.251 e. The van der Waals surface area contributed by atoms with Gasteiger partial charge >= 0.3 is 0 Å². The van der Waals surface area contributed by atoms with E-state index in [1.165, 1.54) is 11.6 Å². The van der Waals surface area contributed by atoms with Gasteiger partial charge in [0, 0.05) is 24.7 Å². The number of para-hydroxylation sites is 1. The Kier molecular flexibility index (Phi) is 8.65. The number of rotatable bonds is 10. The first kappa shape index (κ1) is 24.5. The third-order valence-corrected chi connectivity index (χ3v) is 5.49. The highest BCUT2D eigenvalue weighted by molar-refractivity contribution is 5.94. The summed E-state index contributed by atoms with van der Waals surface area (Å²) in [7, 11) is 0. The molecule has 0 heterocycles. The molecule has 0 fully saturated rings. The molecule has 0 saturated heterocycles. The highest BCUT2D eigenvalue weighted by Gasteiger charge is 2.05. The first-order chi connectivity index (χ1) is 17.7. The molecule has 2 N–H and O–H groups in total. The molecule has 0 aliphatic heterocycles. The molecule has 0 radical (unpaired) electrons. The highest BCUT2D eigenvalue weighted by Crippen LogP contribution is 2.22. The SMILES string of the molecule is O=C(C=Cc1cccc(Oc2ccccc2)c1)NCc1ccc(C(=O)NCCc2ccccc2)cc1. The van der Waals surface area contributed by atoms with Crippen LogP contribution in [0, 0.1) is 0 Å². The number of carbonyl (C=O) groups excluding carboxylic acids is 2. The van der Waals surface area contributed by atoms with Crippen LogP contribution in [-0.4, -0.2) is 18.4 Å². The molecule has 0 aliphatic rings. The van der Waals surface area contributed by atoms with E-state index in [1.54, 1.807) is 18.2 Å². The van der Waals surface area contributed by atoms with Crippen molar-refractivity contribution in [1.29, 1.82) is 0 Å². The quantitative estimate of drug-likeness (QED) is 0.285. The van der Waals surface area contributed by atoms with Gasteiger partial charge in [-0.05, 0) is 65.6 Å². The molecule has 0 unspecified atom stereocenters. The summed E-state index contributed by atoms with van der Waals surface area (Å²) < 4.78 is 5.84. The monoisotopic (exact) mass is 476 g/mol. The van der Waals surface area contributed by atoms with Crippen molar-refractivity contribution in [2.24, 2.45) is 0 Å². The molecule has 2 amide bonds. The second kappa shape index (κ2) is 12.7. The minimum atomic E-state index is -0.202. The molecule has 180 valence electrons. The van der Waals surface area contributed by atoms with E-state index in [9.17, 15) is 9.59 Å². The Morgan fingerprint density at radius 3 is 2.14 bits per heavy atom. The average Bonchev–Trinajstić information content (AvgIpc) is 2.92. The number of amides is 2.